The summed E-state index contributed by atoms with van der Waals surface area (Å²) in [5.74, 6) is -10.9. The Morgan fingerprint density at radius 1 is 0.897 bits per heavy atom. The van der Waals surface area contributed by atoms with Gasteiger partial charge in [0.1, 0.15) is 0 Å². The van der Waals surface area contributed by atoms with E-state index in [1.165, 1.54) is 28.8 Å². The van der Waals surface area contributed by atoms with Crippen molar-refractivity contribution in [1.82, 2.24) is 4.57 Å². The van der Waals surface area contributed by atoms with Gasteiger partial charge in [-0.3, -0.25) is 4.79 Å². The fraction of sp³-hybridized carbons (Fsp3) is 0.0500. The first-order valence-electron chi connectivity index (χ1n) is 8.23. The molecule has 9 heteroatoms. The maximum Gasteiger partial charge on any atom is 0.249 e. The Bertz CT molecular complexity index is 1300. The lowest BCUT2D eigenvalue weighted by Crippen LogP contribution is -2.12. The molecule has 1 aromatic heterocycles. The van der Waals surface area contributed by atoms with Gasteiger partial charge in [0.2, 0.25) is 11.7 Å². The topological polar surface area (TPSA) is 48.0 Å². The third kappa shape index (κ3) is 2.74. The minimum Gasteiger partial charge on any atom is -0.366 e. The molecule has 0 fully saturated rings. The van der Waals surface area contributed by atoms with Crippen molar-refractivity contribution < 1.29 is 26.7 Å². The molecule has 0 spiro atoms. The molecule has 4 aromatic rings. The summed E-state index contributed by atoms with van der Waals surface area (Å²) in [6, 6.07) is 9.21. The number of carbonyl (C=O) groups excluding carboxylic acids is 1. The molecule has 0 atom stereocenters. The summed E-state index contributed by atoms with van der Waals surface area (Å²) in [6.45, 7) is -0.711. The highest BCUT2D eigenvalue weighted by Crippen LogP contribution is 2.36. The summed E-state index contributed by atoms with van der Waals surface area (Å²) in [6.07, 6.45) is 0. The number of hydrogen-bond acceptors (Lipinski definition) is 1. The van der Waals surface area contributed by atoms with Crippen LogP contribution in [-0.4, -0.2) is 10.5 Å². The van der Waals surface area contributed by atoms with E-state index in [9.17, 15) is 26.7 Å². The number of rotatable bonds is 3. The second-order valence-corrected chi connectivity index (χ2v) is 6.74. The number of para-hydroxylation sites is 1. The molecule has 0 saturated heterocycles. The van der Waals surface area contributed by atoms with Gasteiger partial charge in [0.25, 0.3) is 0 Å². The Hall–Kier alpha value is -3.13. The lowest BCUT2D eigenvalue weighted by molar-refractivity contribution is 0.100. The number of halogens is 6. The predicted molar refractivity (Wildman–Crippen MR) is 98.3 cm³/mol. The number of amides is 1. The van der Waals surface area contributed by atoms with Crippen molar-refractivity contribution in [2.45, 2.75) is 6.54 Å². The number of aromatic nitrogens is 1. The molecule has 1 amide bonds. The van der Waals surface area contributed by atoms with E-state index in [-0.39, 0.29) is 16.1 Å². The Kier molecular flexibility index (Phi) is 4.46. The zero-order valence-corrected chi connectivity index (χ0v) is 15.1. The first-order valence-corrected chi connectivity index (χ1v) is 8.61. The Morgan fingerprint density at radius 3 is 2.10 bits per heavy atom. The van der Waals surface area contributed by atoms with Crippen LogP contribution in [0.15, 0.2) is 36.4 Å². The highest BCUT2D eigenvalue weighted by atomic mass is 35.5. The number of hydrogen-bond donors (Lipinski definition) is 1. The van der Waals surface area contributed by atoms with Gasteiger partial charge in [-0.2, -0.15) is 0 Å². The summed E-state index contributed by atoms with van der Waals surface area (Å²) in [5.41, 5.74) is 5.11. The third-order valence-electron chi connectivity index (χ3n) is 4.74. The van der Waals surface area contributed by atoms with Gasteiger partial charge in [-0.25, -0.2) is 22.0 Å². The standard InChI is InChI=1S/C20H10ClF5N2O/c21-11-5-1-3-8-13-9(20(27)29)4-2-6-12(13)28(19(8)11)7-10-14(22)16(24)18(26)17(25)15(10)23/h1-6H,7H2,(H2,27,29). The monoisotopic (exact) mass is 424 g/mol. The number of fused-ring (bicyclic) bond motifs is 3. The van der Waals surface area contributed by atoms with Gasteiger partial charge in [0.15, 0.2) is 23.3 Å². The van der Waals surface area contributed by atoms with Crippen LogP contribution in [-0.2, 0) is 6.54 Å². The maximum atomic E-state index is 14.3. The fourth-order valence-electron chi connectivity index (χ4n) is 3.48. The smallest absolute Gasteiger partial charge is 0.249 e. The van der Waals surface area contributed by atoms with Gasteiger partial charge < -0.3 is 10.3 Å². The lowest BCUT2D eigenvalue weighted by atomic mass is 10.1. The van der Waals surface area contributed by atoms with Crippen LogP contribution in [0.1, 0.15) is 15.9 Å². The molecule has 3 aromatic carbocycles. The van der Waals surface area contributed by atoms with Crippen molar-refractivity contribution in [3.8, 4) is 0 Å². The Labute approximate surface area is 165 Å². The summed E-state index contributed by atoms with van der Waals surface area (Å²) in [5, 5.41) is 0.977. The third-order valence-corrected chi connectivity index (χ3v) is 5.05. The summed E-state index contributed by atoms with van der Waals surface area (Å²) >= 11 is 6.27. The van der Waals surface area contributed by atoms with E-state index in [4.69, 9.17) is 17.3 Å². The number of nitrogens with two attached hydrogens (primary N) is 1. The number of nitrogens with zero attached hydrogens (tertiary/aromatic N) is 1. The average Bonchev–Trinajstić information content (AvgIpc) is 3.03. The highest BCUT2D eigenvalue weighted by Gasteiger charge is 2.27. The normalized spacial score (nSPS) is 11.5. The van der Waals surface area contributed by atoms with E-state index in [0.717, 1.165) is 0 Å². The summed E-state index contributed by atoms with van der Waals surface area (Å²) in [4.78, 5) is 11.9. The van der Waals surface area contributed by atoms with Gasteiger partial charge in [-0.05, 0) is 18.2 Å². The Morgan fingerprint density at radius 2 is 1.48 bits per heavy atom. The first kappa shape index (κ1) is 19.2. The molecule has 3 nitrogen and oxygen atoms in total. The molecule has 29 heavy (non-hydrogen) atoms. The molecule has 148 valence electrons. The Balaban J connectivity index is 2.11. The van der Waals surface area contributed by atoms with Crippen molar-refractivity contribution in [3.05, 3.63) is 81.6 Å². The average molecular weight is 425 g/mol. The highest BCUT2D eigenvalue weighted by molar-refractivity contribution is 6.37. The van der Waals surface area contributed by atoms with E-state index < -0.39 is 47.1 Å². The number of benzene rings is 3. The van der Waals surface area contributed by atoms with Gasteiger partial charge in [0, 0.05) is 21.9 Å². The lowest BCUT2D eigenvalue weighted by Gasteiger charge is -2.12. The van der Waals surface area contributed by atoms with Gasteiger partial charge in [-0.15, -0.1) is 0 Å². The quantitative estimate of drug-likeness (QED) is 0.271. The molecule has 0 saturated carbocycles. The van der Waals surface area contributed by atoms with Crippen LogP contribution >= 0.6 is 11.6 Å². The SMILES string of the molecule is NC(=O)c1cccc2c1c1cccc(Cl)c1n2Cc1c(F)c(F)c(F)c(F)c1F. The number of carbonyl (C=O) groups is 1. The van der Waals surface area contributed by atoms with E-state index in [1.54, 1.807) is 12.1 Å². The van der Waals surface area contributed by atoms with Crippen LogP contribution < -0.4 is 5.73 Å². The molecule has 0 unspecified atom stereocenters. The molecule has 2 N–H and O–H groups in total. The molecular weight excluding hydrogens is 415 g/mol. The van der Waals surface area contributed by atoms with Crippen LogP contribution in [0.2, 0.25) is 5.02 Å². The van der Waals surface area contributed by atoms with Gasteiger partial charge in [0.05, 0.1) is 22.6 Å². The van der Waals surface area contributed by atoms with Crippen molar-refractivity contribution in [2.24, 2.45) is 5.73 Å². The van der Waals surface area contributed by atoms with Crippen molar-refractivity contribution in [3.63, 3.8) is 0 Å². The molecule has 1 heterocycles. The van der Waals surface area contributed by atoms with Crippen LogP contribution in [0.3, 0.4) is 0 Å². The summed E-state index contributed by atoms with van der Waals surface area (Å²) in [7, 11) is 0. The van der Waals surface area contributed by atoms with Gasteiger partial charge in [-0.1, -0.05) is 29.8 Å². The van der Waals surface area contributed by atoms with Crippen molar-refractivity contribution in [1.29, 1.82) is 0 Å². The zero-order valence-electron chi connectivity index (χ0n) is 14.4. The zero-order chi connectivity index (χ0) is 21.0. The van der Waals surface area contributed by atoms with E-state index in [2.05, 4.69) is 0 Å². The van der Waals surface area contributed by atoms with Crippen molar-refractivity contribution >= 4 is 39.3 Å². The molecule has 0 aliphatic carbocycles. The maximum absolute atomic E-state index is 14.3. The number of primary amides is 1. The first-order chi connectivity index (χ1) is 13.7. The molecule has 0 radical (unpaired) electrons. The fourth-order valence-corrected chi connectivity index (χ4v) is 3.75. The van der Waals surface area contributed by atoms with E-state index in [0.29, 0.717) is 16.3 Å². The van der Waals surface area contributed by atoms with E-state index >= 15 is 0 Å². The molecule has 0 aliphatic heterocycles. The second-order valence-electron chi connectivity index (χ2n) is 6.33. The van der Waals surface area contributed by atoms with Gasteiger partial charge >= 0.3 is 0 Å². The largest absolute Gasteiger partial charge is 0.366 e. The van der Waals surface area contributed by atoms with E-state index in [1.807, 2.05) is 0 Å². The van der Waals surface area contributed by atoms with Crippen LogP contribution in [0.5, 0.6) is 0 Å². The van der Waals surface area contributed by atoms with Crippen LogP contribution in [0.4, 0.5) is 22.0 Å². The molecule has 4 rings (SSSR count). The molecule has 0 bridgehead atoms. The van der Waals surface area contributed by atoms with Crippen molar-refractivity contribution in [2.75, 3.05) is 0 Å². The second kappa shape index (κ2) is 6.73. The van der Waals surface area contributed by atoms with Crippen LogP contribution in [0, 0.1) is 29.1 Å². The predicted octanol–water partition coefficient (Wildman–Crippen LogP) is 5.29. The summed E-state index contributed by atoms with van der Waals surface area (Å²) < 4.78 is 70.5. The minimum atomic E-state index is -2.24. The molecule has 0 aliphatic rings. The minimum absolute atomic E-state index is 0.130. The van der Waals surface area contributed by atoms with Crippen LogP contribution in [0.25, 0.3) is 21.8 Å². The molecular formula is C20H10ClF5N2O.